The maximum Gasteiger partial charge on any atom is 0.256 e. The van der Waals surface area contributed by atoms with E-state index >= 15 is 0 Å². The number of nitrogens with two attached hydrogens (primary N) is 1. The summed E-state index contributed by atoms with van der Waals surface area (Å²) in [4.78, 5) is 4.44. The van der Waals surface area contributed by atoms with Crippen molar-refractivity contribution in [2.75, 3.05) is 0 Å². The molecular weight excluding hydrogens is 336 g/mol. The van der Waals surface area contributed by atoms with Crippen LogP contribution in [0.15, 0.2) is 38.4 Å². The quantitative estimate of drug-likeness (QED) is 0.795. The van der Waals surface area contributed by atoms with Crippen LogP contribution in [0.1, 0.15) is 35.6 Å². The fourth-order valence-corrected chi connectivity index (χ4v) is 3.55. The van der Waals surface area contributed by atoms with Gasteiger partial charge in [-0.25, -0.2) is 4.98 Å². The minimum Gasteiger partial charge on any atom is -0.437 e. The van der Waals surface area contributed by atoms with Gasteiger partial charge in [0.1, 0.15) is 5.76 Å². The number of benzene rings is 1. The molecule has 1 heterocycles. The predicted molar refractivity (Wildman–Crippen MR) is 87.0 cm³/mol. The van der Waals surface area contributed by atoms with Crippen LogP contribution < -0.4 is 5.73 Å². The van der Waals surface area contributed by atoms with Crippen LogP contribution in [0.4, 0.5) is 0 Å². The summed E-state index contributed by atoms with van der Waals surface area (Å²) in [6.45, 7) is 5.99. The molecule has 1 aromatic heterocycles. The van der Waals surface area contributed by atoms with Gasteiger partial charge in [0, 0.05) is 10.5 Å². The Hall–Kier alpha value is -0.780. The number of aromatic nitrogens is 1. The molecule has 20 heavy (non-hydrogen) atoms. The Morgan fingerprint density at radius 3 is 2.70 bits per heavy atom. The highest BCUT2D eigenvalue weighted by atomic mass is 79.9. The van der Waals surface area contributed by atoms with Crippen LogP contribution in [-0.4, -0.2) is 11.0 Å². The molecule has 1 aromatic carbocycles. The third kappa shape index (κ3) is 3.65. The molecule has 2 rings (SSSR count). The Labute approximate surface area is 132 Å². The molecule has 5 heteroatoms. The molecule has 2 atom stereocenters. The average molecular weight is 355 g/mol. The molecule has 0 aliphatic rings. The van der Waals surface area contributed by atoms with E-state index in [2.05, 4.69) is 40.0 Å². The standard InChI is InChI=1S/C15H19BrN2OS/c1-4-13(17)14(11-6-5-7-12(16)8-11)20-15-18-9(2)10(3)19-15/h5-8,13-14H,4,17H2,1-3H3. The molecule has 2 N–H and O–H groups in total. The summed E-state index contributed by atoms with van der Waals surface area (Å²) in [5, 5.41) is 0.823. The number of hydrogen-bond acceptors (Lipinski definition) is 4. The van der Waals surface area contributed by atoms with E-state index in [0.717, 1.165) is 22.3 Å². The first kappa shape index (κ1) is 15.6. The van der Waals surface area contributed by atoms with Crippen molar-refractivity contribution >= 4 is 27.7 Å². The van der Waals surface area contributed by atoms with Crippen molar-refractivity contribution in [3.8, 4) is 0 Å². The van der Waals surface area contributed by atoms with Crippen molar-refractivity contribution in [1.82, 2.24) is 4.98 Å². The zero-order chi connectivity index (χ0) is 14.7. The largest absolute Gasteiger partial charge is 0.437 e. The van der Waals surface area contributed by atoms with E-state index in [1.165, 1.54) is 5.56 Å². The van der Waals surface area contributed by atoms with E-state index in [0.29, 0.717) is 5.22 Å². The second-order valence-corrected chi connectivity index (χ2v) is 6.80. The highest BCUT2D eigenvalue weighted by molar-refractivity contribution is 9.10. The SMILES string of the molecule is CCC(N)C(Sc1nc(C)c(C)o1)c1cccc(Br)c1. The second-order valence-electron chi connectivity index (χ2n) is 4.79. The minimum absolute atomic E-state index is 0.0572. The lowest BCUT2D eigenvalue weighted by molar-refractivity contribution is 0.429. The van der Waals surface area contributed by atoms with Crippen LogP contribution in [0.2, 0.25) is 0 Å². The van der Waals surface area contributed by atoms with Crippen LogP contribution >= 0.6 is 27.7 Å². The van der Waals surface area contributed by atoms with Gasteiger partial charge in [0.15, 0.2) is 0 Å². The van der Waals surface area contributed by atoms with Crippen molar-refractivity contribution in [3.05, 3.63) is 45.8 Å². The number of thioether (sulfide) groups is 1. The fraction of sp³-hybridized carbons (Fsp3) is 0.400. The molecule has 2 aromatic rings. The minimum atomic E-state index is 0.0572. The van der Waals surface area contributed by atoms with Gasteiger partial charge in [-0.15, -0.1) is 0 Å². The van der Waals surface area contributed by atoms with Crippen LogP contribution in [0.3, 0.4) is 0 Å². The molecule has 108 valence electrons. The maximum atomic E-state index is 6.29. The smallest absolute Gasteiger partial charge is 0.256 e. The number of hydrogen-bond donors (Lipinski definition) is 1. The van der Waals surface area contributed by atoms with Crippen molar-refractivity contribution in [3.63, 3.8) is 0 Å². The summed E-state index contributed by atoms with van der Waals surface area (Å²) >= 11 is 5.11. The first-order chi connectivity index (χ1) is 9.51. The van der Waals surface area contributed by atoms with Crippen molar-refractivity contribution in [2.24, 2.45) is 5.73 Å². The normalized spacial score (nSPS) is 14.2. The summed E-state index contributed by atoms with van der Waals surface area (Å²) < 4.78 is 6.73. The molecule has 0 saturated carbocycles. The zero-order valence-electron chi connectivity index (χ0n) is 11.9. The van der Waals surface area contributed by atoms with Gasteiger partial charge < -0.3 is 10.2 Å². The number of aryl methyl sites for hydroxylation is 2. The van der Waals surface area contributed by atoms with E-state index < -0.39 is 0 Å². The molecule has 0 fully saturated rings. The molecule has 0 aliphatic carbocycles. The zero-order valence-corrected chi connectivity index (χ0v) is 14.3. The first-order valence-corrected chi connectivity index (χ1v) is 8.30. The highest BCUT2D eigenvalue weighted by Crippen LogP contribution is 2.38. The summed E-state index contributed by atoms with van der Waals surface area (Å²) in [7, 11) is 0. The number of rotatable bonds is 5. The highest BCUT2D eigenvalue weighted by Gasteiger charge is 2.23. The van der Waals surface area contributed by atoms with E-state index in [4.69, 9.17) is 10.2 Å². The van der Waals surface area contributed by atoms with Crippen molar-refractivity contribution in [2.45, 2.75) is 43.7 Å². The monoisotopic (exact) mass is 354 g/mol. The lowest BCUT2D eigenvalue weighted by Crippen LogP contribution is -2.25. The molecule has 3 nitrogen and oxygen atoms in total. The number of oxazole rings is 1. The molecule has 0 radical (unpaired) electrons. The second kappa shape index (κ2) is 6.78. The number of nitrogens with zero attached hydrogens (tertiary/aromatic N) is 1. The molecule has 0 amide bonds. The van der Waals surface area contributed by atoms with Gasteiger partial charge in [-0.3, -0.25) is 0 Å². The summed E-state index contributed by atoms with van der Waals surface area (Å²) in [5.74, 6) is 0.866. The Morgan fingerprint density at radius 1 is 1.40 bits per heavy atom. The molecule has 0 saturated heterocycles. The fourth-order valence-electron chi connectivity index (χ4n) is 1.90. The molecule has 2 unspecified atom stereocenters. The van der Waals surface area contributed by atoms with Gasteiger partial charge in [0.2, 0.25) is 0 Å². The topological polar surface area (TPSA) is 52.0 Å². The van der Waals surface area contributed by atoms with Gasteiger partial charge in [0.25, 0.3) is 5.22 Å². The molecule has 0 aliphatic heterocycles. The molecule has 0 spiro atoms. The van der Waals surface area contributed by atoms with E-state index in [9.17, 15) is 0 Å². The van der Waals surface area contributed by atoms with E-state index in [1.807, 2.05) is 26.0 Å². The predicted octanol–water partition coefficient (Wildman–Crippen LogP) is 4.62. The van der Waals surface area contributed by atoms with E-state index in [1.54, 1.807) is 11.8 Å². The Bertz CT molecular complexity index is 566. The molecular formula is C15H19BrN2OS. The van der Waals surface area contributed by atoms with Crippen LogP contribution in [-0.2, 0) is 0 Å². The van der Waals surface area contributed by atoms with Crippen molar-refractivity contribution in [1.29, 1.82) is 0 Å². The third-order valence-electron chi connectivity index (χ3n) is 3.27. The third-order valence-corrected chi connectivity index (χ3v) is 5.02. The van der Waals surface area contributed by atoms with E-state index in [-0.39, 0.29) is 11.3 Å². The number of halogens is 1. The van der Waals surface area contributed by atoms with Crippen LogP contribution in [0.25, 0.3) is 0 Å². The average Bonchev–Trinajstić information content (AvgIpc) is 2.74. The van der Waals surface area contributed by atoms with Gasteiger partial charge in [-0.2, -0.15) is 0 Å². The van der Waals surface area contributed by atoms with Gasteiger partial charge >= 0.3 is 0 Å². The lowest BCUT2D eigenvalue weighted by atomic mass is 10.0. The Morgan fingerprint density at radius 2 is 2.15 bits per heavy atom. The van der Waals surface area contributed by atoms with Gasteiger partial charge in [-0.1, -0.05) is 46.7 Å². The summed E-state index contributed by atoms with van der Waals surface area (Å²) in [6, 6.07) is 8.31. The lowest BCUT2D eigenvalue weighted by Gasteiger charge is -2.21. The Balaban J connectivity index is 2.28. The maximum absolute atomic E-state index is 6.29. The van der Waals surface area contributed by atoms with Crippen LogP contribution in [0, 0.1) is 13.8 Å². The summed E-state index contributed by atoms with van der Waals surface area (Å²) in [6.07, 6.45) is 0.906. The molecule has 0 bridgehead atoms. The summed E-state index contributed by atoms with van der Waals surface area (Å²) in [5.41, 5.74) is 8.41. The van der Waals surface area contributed by atoms with Gasteiger partial charge in [0.05, 0.1) is 10.9 Å². The van der Waals surface area contributed by atoms with Crippen LogP contribution in [0.5, 0.6) is 0 Å². The Kier molecular flexibility index (Phi) is 5.29. The van der Waals surface area contributed by atoms with Crippen molar-refractivity contribution < 1.29 is 4.42 Å². The van der Waals surface area contributed by atoms with Gasteiger partial charge in [-0.05, 0) is 38.0 Å². The first-order valence-electron chi connectivity index (χ1n) is 6.63.